The van der Waals surface area contributed by atoms with Crippen LogP contribution in [0.1, 0.15) is 11.1 Å². The van der Waals surface area contributed by atoms with E-state index >= 15 is 0 Å². The number of nitro groups is 1. The van der Waals surface area contributed by atoms with Crippen LogP contribution in [0.15, 0.2) is 48.2 Å². The Kier molecular flexibility index (Phi) is 6.52. The van der Waals surface area contributed by atoms with E-state index in [9.17, 15) is 20.2 Å². The van der Waals surface area contributed by atoms with Gasteiger partial charge in [-0.1, -0.05) is 18.2 Å². The summed E-state index contributed by atoms with van der Waals surface area (Å²) < 4.78 is 10.2. The summed E-state index contributed by atoms with van der Waals surface area (Å²) in [6.45, 7) is 0.299. The van der Waals surface area contributed by atoms with E-state index < -0.39 is 10.8 Å². The molecule has 0 spiro atoms. The number of hydrogen-bond acceptors (Lipinski definition) is 6. The average molecular weight is 420 g/mol. The van der Waals surface area contributed by atoms with Gasteiger partial charge in [0.05, 0.1) is 30.8 Å². The van der Waals surface area contributed by atoms with Crippen molar-refractivity contribution in [2.75, 3.05) is 20.8 Å². The number of ether oxygens (including phenoxy) is 2. The molecule has 2 aromatic carbocycles. The summed E-state index contributed by atoms with van der Waals surface area (Å²) in [5.74, 6) is -0.198. The Hall–Kier alpha value is -4.32. The van der Waals surface area contributed by atoms with E-state index in [1.165, 1.54) is 32.4 Å². The maximum Gasteiger partial charge on any atom is 0.280 e. The SMILES string of the molecule is COc1cc(/C=C(/C#N)C(=O)NCCc2c[nH]c3ccccc23)c([N+](=O)[O-])cc1OC. The van der Waals surface area contributed by atoms with Gasteiger partial charge in [-0.2, -0.15) is 5.26 Å². The molecular formula is C22H20N4O5. The van der Waals surface area contributed by atoms with Gasteiger partial charge in [0, 0.05) is 23.6 Å². The third kappa shape index (κ3) is 4.64. The molecule has 0 aliphatic heterocycles. The molecule has 3 rings (SSSR count). The molecule has 3 aromatic rings. The second-order valence-electron chi connectivity index (χ2n) is 6.56. The number of nitrogens with one attached hydrogen (secondary N) is 2. The van der Waals surface area contributed by atoms with Crippen LogP contribution in [-0.2, 0) is 11.2 Å². The number of H-pyrrole nitrogens is 1. The molecule has 2 N–H and O–H groups in total. The normalized spacial score (nSPS) is 11.1. The summed E-state index contributed by atoms with van der Waals surface area (Å²) >= 11 is 0. The molecule has 0 unspecified atom stereocenters. The van der Waals surface area contributed by atoms with Gasteiger partial charge < -0.3 is 19.8 Å². The maximum absolute atomic E-state index is 12.5. The van der Waals surface area contributed by atoms with Crippen LogP contribution in [0.5, 0.6) is 11.5 Å². The molecule has 0 saturated heterocycles. The van der Waals surface area contributed by atoms with E-state index in [2.05, 4.69) is 10.3 Å². The summed E-state index contributed by atoms with van der Waals surface area (Å²) in [5, 5.41) is 24.6. The van der Waals surface area contributed by atoms with E-state index in [0.717, 1.165) is 16.5 Å². The Bertz CT molecular complexity index is 1210. The third-order valence-electron chi connectivity index (χ3n) is 4.75. The zero-order valence-corrected chi connectivity index (χ0v) is 17.0. The molecule has 0 saturated carbocycles. The number of amides is 1. The summed E-state index contributed by atoms with van der Waals surface area (Å²) in [4.78, 5) is 26.5. The van der Waals surface area contributed by atoms with Crippen LogP contribution in [0.3, 0.4) is 0 Å². The number of aromatic amines is 1. The van der Waals surface area contributed by atoms with Crippen molar-refractivity contribution in [1.29, 1.82) is 5.26 Å². The molecule has 1 aromatic heterocycles. The lowest BCUT2D eigenvalue weighted by Gasteiger charge is -2.09. The largest absolute Gasteiger partial charge is 0.493 e. The van der Waals surface area contributed by atoms with E-state index in [1.807, 2.05) is 30.5 Å². The Labute approximate surface area is 178 Å². The van der Waals surface area contributed by atoms with E-state index in [1.54, 1.807) is 6.07 Å². The van der Waals surface area contributed by atoms with Crippen molar-refractivity contribution in [3.8, 4) is 17.6 Å². The lowest BCUT2D eigenvalue weighted by molar-refractivity contribution is -0.385. The predicted octanol–water partition coefficient (Wildman–Crippen LogP) is 3.36. The van der Waals surface area contributed by atoms with Gasteiger partial charge in [0.1, 0.15) is 11.6 Å². The highest BCUT2D eigenvalue weighted by Crippen LogP contribution is 2.35. The van der Waals surface area contributed by atoms with Crippen molar-refractivity contribution in [3.05, 3.63) is 69.4 Å². The Morgan fingerprint density at radius 3 is 2.65 bits per heavy atom. The molecule has 0 aliphatic rings. The first kappa shape index (κ1) is 21.4. The number of benzene rings is 2. The Morgan fingerprint density at radius 2 is 1.97 bits per heavy atom. The van der Waals surface area contributed by atoms with Gasteiger partial charge in [0.2, 0.25) is 0 Å². The third-order valence-corrected chi connectivity index (χ3v) is 4.75. The van der Waals surface area contributed by atoms with Crippen molar-refractivity contribution in [2.24, 2.45) is 0 Å². The second-order valence-corrected chi connectivity index (χ2v) is 6.56. The van der Waals surface area contributed by atoms with Gasteiger partial charge in [0.15, 0.2) is 11.5 Å². The number of methoxy groups -OCH3 is 2. The summed E-state index contributed by atoms with van der Waals surface area (Å²) in [7, 11) is 2.75. The minimum Gasteiger partial charge on any atom is -0.493 e. The van der Waals surface area contributed by atoms with Gasteiger partial charge in [-0.05, 0) is 30.2 Å². The summed E-state index contributed by atoms with van der Waals surface area (Å²) in [6.07, 6.45) is 3.61. The standard InChI is InChI=1S/C22H20N4O5/c1-30-20-10-15(19(26(28)29)11-21(20)31-2)9-16(12-23)22(27)24-8-7-14-13-25-18-6-4-3-5-17(14)18/h3-6,9-11,13,25H,7-8H2,1-2H3,(H,24,27)/b16-9-. The topological polar surface area (TPSA) is 130 Å². The first-order valence-corrected chi connectivity index (χ1v) is 9.34. The smallest absolute Gasteiger partial charge is 0.280 e. The minimum atomic E-state index is -0.619. The maximum atomic E-state index is 12.5. The predicted molar refractivity (Wildman–Crippen MR) is 115 cm³/mol. The van der Waals surface area contributed by atoms with Crippen molar-refractivity contribution in [1.82, 2.24) is 10.3 Å². The van der Waals surface area contributed by atoms with E-state index in [4.69, 9.17) is 9.47 Å². The molecule has 0 radical (unpaired) electrons. The Morgan fingerprint density at radius 1 is 1.26 bits per heavy atom. The van der Waals surface area contributed by atoms with Crippen molar-refractivity contribution in [2.45, 2.75) is 6.42 Å². The highest BCUT2D eigenvalue weighted by Gasteiger charge is 2.20. The fourth-order valence-corrected chi connectivity index (χ4v) is 3.21. The highest BCUT2D eigenvalue weighted by atomic mass is 16.6. The first-order valence-electron chi connectivity index (χ1n) is 9.34. The van der Waals surface area contributed by atoms with Crippen LogP contribution < -0.4 is 14.8 Å². The number of nitrogens with zero attached hydrogens (tertiary/aromatic N) is 2. The Balaban J connectivity index is 1.78. The number of aromatic nitrogens is 1. The number of nitriles is 1. The van der Waals surface area contributed by atoms with Crippen LogP contribution in [0.25, 0.3) is 17.0 Å². The summed E-state index contributed by atoms with van der Waals surface area (Å²) in [5.41, 5.74) is 1.54. The van der Waals surface area contributed by atoms with Crippen molar-refractivity contribution < 1.29 is 19.2 Å². The number of hydrogen-bond donors (Lipinski definition) is 2. The van der Waals surface area contributed by atoms with Gasteiger partial charge in [0.25, 0.3) is 11.6 Å². The number of para-hydroxylation sites is 1. The average Bonchev–Trinajstić information content (AvgIpc) is 3.19. The second kappa shape index (κ2) is 9.45. The molecule has 9 heteroatoms. The number of fused-ring (bicyclic) bond motifs is 1. The van der Waals surface area contributed by atoms with Gasteiger partial charge in [-0.3, -0.25) is 14.9 Å². The number of rotatable bonds is 8. The minimum absolute atomic E-state index is 0.0611. The molecule has 0 fully saturated rings. The quantitative estimate of drug-likeness (QED) is 0.249. The van der Waals surface area contributed by atoms with Crippen LogP contribution in [0.4, 0.5) is 5.69 Å². The number of carbonyl (C=O) groups is 1. The number of carbonyl (C=O) groups excluding carboxylic acids is 1. The number of nitro benzene ring substituents is 1. The fourth-order valence-electron chi connectivity index (χ4n) is 3.21. The highest BCUT2D eigenvalue weighted by molar-refractivity contribution is 6.02. The lowest BCUT2D eigenvalue weighted by atomic mass is 10.1. The van der Waals surface area contributed by atoms with E-state index in [0.29, 0.717) is 13.0 Å². The molecule has 0 atom stereocenters. The first-order chi connectivity index (χ1) is 15.0. The van der Waals surface area contributed by atoms with Crippen LogP contribution >= 0.6 is 0 Å². The van der Waals surface area contributed by atoms with Gasteiger partial charge >= 0.3 is 0 Å². The molecule has 1 heterocycles. The molecule has 0 bridgehead atoms. The molecule has 9 nitrogen and oxygen atoms in total. The molecule has 1 amide bonds. The van der Waals surface area contributed by atoms with Crippen LogP contribution in [-0.4, -0.2) is 36.6 Å². The van der Waals surface area contributed by atoms with Crippen LogP contribution in [0, 0.1) is 21.4 Å². The zero-order valence-electron chi connectivity index (χ0n) is 17.0. The monoisotopic (exact) mass is 420 g/mol. The fraction of sp³-hybridized carbons (Fsp3) is 0.182. The molecule has 31 heavy (non-hydrogen) atoms. The van der Waals surface area contributed by atoms with E-state index in [-0.39, 0.29) is 28.3 Å². The molecule has 0 aliphatic carbocycles. The van der Waals surface area contributed by atoms with Crippen molar-refractivity contribution >= 4 is 28.6 Å². The molecular weight excluding hydrogens is 400 g/mol. The molecule has 158 valence electrons. The van der Waals surface area contributed by atoms with Gasteiger partial charge in [-0.25, -0.2) is 0 Å². The van der Waals surface area contributed by atoms with Gasteiger partial charge in [-0.15, -0.1) is 0 Å². The lowest BCUT2D eigenvalue weighted by Crippen LogP contribution is -2.26. The van der Waals surface area contributed by atoms with Crippen LogP contribution in [0.2, 0.25) is 0 Å². The van der Waals surface area contributed by atoms with Crippen molar-refractivity contribution in [3.63, 3.8) is 0 Å². The summed E-state index contributed by atoms with van der Waals surface area (Å²) in [6, 6.07) is 12.2. The zero-order chi connectivity index (χ0) is 22.4.